The fraction of sp³-hybridized carbons (Fsp3) is 0.391. The molecule has 5 heteroatoms. The molecule has 1 aliphatic carbocycles. The molecule has 3 rings (SSSR count). The maximum Gasteiger partial charge on any atom is 0.407 e. The van der Waals surface area contributed by atoms with Crippen LogP contribution in [0.5, 0.6) is 0 Å². The van der Waals surface area contributed by atoms with Crippen molar-refractivity contribution in [2.45, 2.75) is 45.1 Å². The van der Waals surface area contributed by atoms with Crippen molar-refractivity contribution in [3.63, 3.8) is 0 Å². The van der Waals surface area contributed by atoms with Crippen LogP contribution in [-0.2, 0) is 14.3 Å². The first-order chi connectivity index (χ1) is 13.3. The third kappa shape index (κ3) is 4.91. The molecule has 0 aliphatic heterocycles. The molecule has 0 spiro atoms. The number of hydrogen-bond donors (Lipinski definition) is 1. The van der Waals surface area contributed by atoms with E-state index in [-0.39, 0.29) is 24.9 Å². The molecule has 5 nitrogen and oxygen atoms in total. The molecule has 148 valence electrons. The lowest BCUT2D eigenvalue weighted by molar-refractivity contribution is -0.154. The van der Waals surface area contributed by atoms with E-state index in [4.69, 9.17) is 9.47 Å². The van der Waals surface area contributed by atoms with Gasteiger partial charge in [0.05, 0.1) is 0 Å². The summed E-state index contributed by atoms with van der Waals surface area (Å²) < 4.78 is 10.7. The molecule has 1 N–H and O–H groups in total. The van der Waals surface area contributed by atoms with Gasteiger partial charge in [0, 0.05) is 18.9 Å². The van der Waals surface area contributed by atoms with Crippen molar-refractivity contribution in [1.82, 2.24) is 5.32 Å². The molecule has 0 radical (unpaired) electrons. The van der Waals surface area contributed by atoms with Gasteiger partial charge in [-0.3, -0.25) is 4.79 Å². The van der Waals surface area contributed by atoms with Gasteiger partial charge in [0.2, 0.25) is 0 Å². The van der Waals surface area contributed by atoms with Crippen LogP contribution < -0.4 is 5.32 Å². The van der Waals surface area contributed by atoms with Crippen molar-refractivity contribution in [2.24, 2.45) is 0 Å². The molecule has 0 fully saturated rings. The molecule has 0 heterocycles. The molecule has 0 saturated carbocycles. The van der Waals surface area contributed by atoms with E-state index in [0.717, 1.165) is 0 Å². The summed E-state index contributed by atoms with van der Waals surface area (Å²) in [6.07, 6.45) is 0.311. The van der Waals surface area contributed by atoms with Gasteiger partial charge >= 0.3 is 12.1 Å². The Hall–Kier alpha value is -2.82. The molecule has 2 aromatic rings. The number of ether oxygens (including phenoxy) is 2. The summed E-state index contributed by atoms with van der Waals surface area (Å²) in [4.78, 5) is 23.7. The Balaban J connectivity index is 1.47. The summed E-state index contributed by atoms with van der Waals surface area (Å²) in [5.74, 6) is -0.221. The van der Waals surface area contributed by atoms with Crippen molar-refractivity contribution in [3.05, 3.63) is 59.7 Å². The van der Waals surface area contributed by atoms with Crippen molar-refractivity contribution >= 4 is 12.1 Å². The summed E-state index contributed by atoms with van der Waals surface area (Å²) in [6.45, 7) is 6.15. The first-order valence-electron chi connectivity index (χ1n) is 9.66. The Morgan fingerprint density at radius 2 is 1.54 bits per heavy atom. The van der Waals surface area contributed by atoms with Crippen LogP contribution in [0.2, 0.25) is 0 Å². The average Bonchev–Trinajstić information content (AvgIpc) is 2.96. The molecular formula is C23H27NO4. The Morgan fingerprint density at radius 1 is 0.964 bits per heavy atom. The number of esters is 1. The predicted octanol–water partition coefficient (Wildman–Crippen LogP) is 4.65. The Morgan fingerprint density at radius 3 is 2.11 bits per heavy atom. The van der Waals surface area contributed by atoms with Crippen LogP contribution in [0.1, 0.15) is 50.7 Å². The van der Waals surface area contributed by atoms with E-state index < -0.39 is 11.7 Å². The Kier molecular flexibility index (Phi) is 6.02. The number of rotatable bonds is 6. The van der Waals surface area contributed by atoms with Gasteiger partial charge in [-0.15, -0.1) is 0 Å². The minimum atomic E-state index is -0.489. The minimum Gasteiger partial charge on any atom is -0.460 e. The molecule has 0 unspecified atom stereocenters. The maximum atomic E-state index is 12.0. The van der Waals surface area contributed by atoms with Crippen LogP contribution >= 0.6 is 0 Å². The molecular weight excluding hydrogens is 354 g/mol. The second-order valence-corrected chi connectivity index (χ2v) is 7.94. The average molecular weight is 381 g/mol. The van der Waals surface area contributed by atoms with E-state index in [1.54, 1.807) is 0 Å². The second kappa shape index (κ2) is 8.46. The van der Waals surface area contributed by atoms with E-state index in [2.05, 4.69) is 29.6 Å². The van der Waals surface area contributed by atoms with Crippen molar-refractivity contribution in [3.8, 4) is 11.1 Å². The Labute approximate surface area is 166 Å². The fourth-order valence-electron chi connectivity index (χ4n) is 3.47. The van der Waals surface area contributed by atoms with Crippen molar-refractivity contribution in [1.29, 1.82) is 0 Å². The lowest BCUT2D eigenvalue weighted by Crippen LogP contribution is -2.28. The lowest BCUT2D eigenvalue weighted by atomic mass is 9.98. The maximum absolute atomic E-state index is 12.0. The smallest absolute Gasteiger partial charge is 0.407 e. The minimum absolute atomic E-state index is 0.0416. The van der Waals surface area contributed by atoms with E-state index in [1.165, 1.54) is 22.3 Å². The summed E-state index contributed by atoms with van der Waals surface area (Å²) >= 11 is 0. The van der Waals surface area contributed by atoms with Crippen molar-refractivity contribution < 1.29 is 19.1 Å². The van der Waals surface area contributed by atoms with Crippen LogP contribution in [0, 0.1) is 0 Å². The van der Waals surface area contributed by atoms with Crippen LogP contribution in [0.4, 0.5) is 4.79 Å². The molecule has 1 amide bonds. The van der Waals surface area contributed by atoms with E-state index in [9.17, 15) is 9.59 Å². The van der Waals surface area contributed by atoms with Gasteiger partial charge in [-0.25, -0.2) is 4.79 Å². The highest BCUT2D eigenvalue weighted by atomic mass is 16.6. The number of amides is 1. The predicted molar refractivity (Wildman–Crippen MR) is 108 cm³/mol. The number of hydrogen-bond acceptors (Lipinski definition) is 4. The van der Waals surface area contributed by atoms with Gasteiger partial charge < -0.3 is 14.8 Å². The summed E-state index contributed by atoms with van der Waals surface area (Å²) in [5, 5.41) is 2.70. The SMILES string of the molecule is CC(C)(C)OC(=O)CCCNC(=O)OCC1c2ccccc2-c2ccccc21. The normalized spacial score (nSPS) is 12.8. The molecule has 0 atom stereocenters. The third-order valence-electron chi connectivity index (χ3n) is 4.59. The molecule has 1 aliphatic rings. The van der Waals surface area contributed by atoms with Crippen LogP contribution in [0.25, 0.3) is 11.1 Å². The first kappa shape index (κ1) is 19.9. The summed E-state index contributed by atoms with van der Waals surface area (Å²) in [5.41, 5.74) is 4.27. The van der Waals surface area contributed by atoms with E-state index in [0.29, 0.717) is 13.0 Å². The molecule has 0 aromatic heterocycles. The zero-order valence-corrected chi connectivity index (χ0v) is 16.7. The van der Waals surface area contributed by atoms with E-state index in [1.807, 2.05) is 45.0 Å². The van der Waals surface area contributed by atoms with Crippen LogP contribution in [-0.4, -0.2) is 30.8 Å². The second-order valence-electron chi connectivity index (χ2n) is 7.94. The number of benzene rings is 2. The monoisotopic (exact) mass is 381 g/mol. The van der Waals surface area contributed by atoms with Crippen molar-refractivity contribution in [2.75, 3.05) is 13.2 Å². The van der Waals surface area contributed by atoms with E-state index >= 15 is 0 Å². The van der Waals surface area contributed by atoms with Gasteiger partial charge in [-0.05, 0) is 49.4 Å². The van der Waals surface area contributed by atoms with Gasteiger partial charge in [-0.2, -0.15) is 0 Å². The highest BCUT2D eigenvalue weighted by Gasteiger charge is 2.28. The highest BCUT2D eigenvalue weighted by Crippen LogP contribution is 2.44. The van der Waals surface area contributed by atoms with Gasteiger partial charge in [-0.1, -0.05) is 48.5 Å². The number of fused-ring (bicyclic) bond motifs is 3. The van der Waals surface area contributed by atoms with Crippen LogP contribution in [0.15, 0.2) is 48.5 Å². The fourth-order valence-corrected chi connectivity index (χ4v) is 3.47. The summed E-state index contributed by atoms with van der Waals surface area (Å²) in [6, 6.07) is 16.4. The number of carbonyl (C=O) groups is 2. The first-order valence-corrected chi connectivity index (χ1v) is 9.66. The molecule has 2 aromatic carbocycles. The topological polar surface area (TPSA) is 64.6 Å². The Bertz CT molecular complexity index is 808. The molecule has 0 bridgehead atoms. The number of alkyl carbamates (subject to hydrolysis) is 1. The molecule has 0 saturated heterocycles. The van der Waals surface area contributed by atoms with Crippen LogP contribution in [0.3, 0.4) is 0 Å². The van der Waals surface area contributed by atoms with Gasteiger partial charge in [0.15, 0.2) is 0 Å². The molecule has 28 heavy (non-hydrogen) atoms. The number of carbonyl (C=O) groups excluding carboxylic acids is 2. The quantitative estimate of drug-likeness (QED) is 0.584. The third-order valence-corrected chi connectivity index (χ3v) is 4.59. The zero-order valence-electron chi connectivity index (χ0n) is 16.7. The largest absolute Gasteiger partial charge is 0.460 e. The highest BCUT2D eigenvalue weighted by molar-refractivity contribution is 5.79. The van der Waals surface area contributed by atoms with Gasteiger partial charge in [0.1, 0.15) is 12.2 Å². The zero-order chi connectivity index (χ0) is 20.1. The number of nitrogens with one attached hydrogen (secondary N) is 1. The van der Waals surface area contributed by atoms with Gasteiger partial charge in [0.25, 0.3) is 0 Å². The standard InChI is InChI=1S/C23H27NO4/c1-23(2,3)28-21(25)13-8-14-24-22(26)27-15-20-18-11-6-4-9-16(18)17-10-5-7-12-19(17)20/h4-7,9-12,20H,8,13-15H2,1-3H3,(H,24,26). The lowest BCUT2D eigenvalue weighted by Gasteiger charge is -2.19. The summed E-state index contributed by atoms with van der Waals surface area (Å²) in [7, 11) is 0.